The lowest BCUT2D eigenvalue weighted by Gasteiger charge is -2.25. The number of para-hydroxylation sites is 1. The van der Waals surface area contributed by atoms with Crippen molar-refractivity contribution in [3.63, 3.8) is 0 Å². The third-order valence-corrected chi connectivity index (χ3v) is 2.10. The lowest BCUT2D eigenvalue weighted by molar-refractivity contribution is 0.121. The Kier molecular flexibility index (Phi) is 3.70. The minimum absolute atomic E-state index is 0.471. The van der Waals surface area contributed by atoms with Gasteiger partial charge in [-0.3, -0.25) is 0 Å². The van der Waals surface area contributed by atoms with Crippen LogP contribution in [0.3, 0.4) is 0 Å². The SMILES string of the molecule is COC1=CC=CN(NC(=O)Oc2ccccc2)N1. The molecule has 1 aliphatic rings. The van der Waals surface area contributed by atoms with Gasteiger partial charge >= 0.3 is 6.09 Å². The van der Waals surface area contributed by atoms with E-state index in [-0.39, 0.29) is 0 Å². The zero-order valence-corrected chi connectivity index (χ0v) is 9.79. The zero-order valence-electron chi connectivity index (χ0n) is 9.79. The van der Waals surface area contributed by atoms with Crippen LogP contribution in [-0.4, -0.2) is 18.3 Å². The van der Waals surface area contributed by atoms with Crippen molar-refractivity contribution in [3.8, 4) is 5.75 Å². The van der Waals surface area contributed by atoms with Gasteiger partial charge in [0.15, 0.2) is 0 Å². The van der Waals surface area contributed by atoms with Crippen molar-refractivity contribution in [2.75, 3.05) is 7.11 Å². The summed E-state index contributed by atoms with van der Waals surface area (Å²) in [7, 11) is 1.53. The summed E-state index contributed by atoms with van der Waals surface area (Å²) in [4.78, 5) is 11.6. The molecule has 0 fully saturated rings. The van der Waals surface area contributed by atoms with Crippen molar-refractivity contribution >= 4 is 6.09 Å². The summed E-state index contributed by atoms with van der Waals surface area (Å²) in [6.45, 7) is 0. The van der Waals surface area contributed by atoms with E-state index in [0.717, 1.165) is 0 Å². The summed E-state index contributed by atoms with van der Waals surface area (Å²) in [5, 5.41) is 1.34. The number of amides is 1. The number of carbonyl (C=O) groups is 1. The average molecular weight is 247 g/mol. The van der Waals surface area contributed by atoms with E-state index in [2.05, 4.69) is 10.9 Å². The van der Waals surface area contributed by atoms with E-state index >= 15 is 0 Å². The van der Waals surface area contributed by atoms with Gasteiger partial charge in [-0.15, -0.1) is 0 Å². The van der Waals surface area contributed by atoms with Crippen LogP contribution in [-0.2, 0) is 4.74 Å². The monoisotopic (exact) mass is 247 g/mol. The summed E-state index contributed by atoms with van der Waals surface area (Å²) in [5.41, 5.74) is 5.28. The number of ether oxygens (including phenoxy) is 2. The number of benzene rings is 1. The van der Waals surface area contributed by atoms with E-state index in [1.807, 2.05) is 6.07 Å². The number of nitrogens with zero attached hydrogens (tertiary/aromatic N) is 1. The first kappa shape index (κ1) is 11.8. The lowest BCUT2D eigenvalue weighted by Crippen LogP contribution is -2.48. The van der Waals surface area contributed by atoms with Gasteiger partial charge in [-0.25, -0.2) is 15.6 Å². The molecule has 2 N–H and O–H groups in total. The third kappa shape index (κ3) is 3.18. The maximum absolute atomic E-state index is 11.6. The first-order valence-corrected chi connectivity index (χ1v) is 5.30. The number of allylic oxidation sites excluding steroid dienone is 2. The maximum Gasteiger partial charge on any atom is 0.433 e. The van der Waals surface area contributed by atoms with Crippen LogP contribution in [0, 0.1) is 0 Å². The van der Waals surface area contributed by atoms with Crippen molar-refractivity contribution in [1.29, 1.82) is 0 Å². The first-order chi connectivity index (χ1) is 8.78. The maximum atomic E-state index is 11.6. The molecular formula is C12H13N3O3. The topological polar surface area (TPSA) is 62.8 Å². The van der Waals surface area contributed by atoms with Gasteiger partial charge < -0.3 is 9.47 Å². The molecule has 1 heterocycles. The fourth-order valence-corrected chi connectivity index (χ4v) is 1.31. The standard InChI is InChI=1S/C12H13N3O3/c1-17-11-8-5-9-15(13-11)14-12(16)18-10-6-3-2-4-7-10/h2-9,13H,1H3,(H,14,16). The molecule has 6 heteroatoms. The highest BCUT2D eigenvalue weighted by molar-refractivity contribution is 5.69. The number of methoxy groups -OCH3 is 1. The molecule has 0 spiro atoms. The molecule has 94 valence electrons. The van der Waals surface area contributed by atoms with Crippen LogP contribution >= 0.6 is 0 Å². The van der Waals surface area contributed by atoms with Crippen LogP contribution in [0.25, 0.3) is 0 Å². The van der Waals surface area contributed by atoms with E-state index < -0.39 is 6.09 Å². The molecule has 0 bridgehead atoms. The van der Waals surface area contributed by atoms with E-state index in [9.17, 15) is 4.79 Å². The highest BCUT2D eigenvalue weighted by Crippen LogP contribution is 2.08. The number of hydrogen-bond acceptors (Lipinski definition) is 5. The predicted molar refractivity (Wildman–Crippen MR) is 64.8 cm³/mol. The van der Waals surface area contributed by atoms with Gasteiger partial charge in [0.05, 0.1) is 7.11 Å². The van der Waals surface area contributed by atoms with Crippen LogP contribution in [0.4, 0.5) is 4.79 Å². The highest BCUT2D eigenvalue weighted by Gasteiger charge is 2.10. The van der Waals surface area contributed by atoms with Gasteiger partial charge in [0.1, 0.15) is 5.75 Å². The molecule has 0 unspecified atom stereocenters. The Morgan fingerprint density at radius 1 is 1.33 bits per heavy atom. The fourth-order valence-electron chi connectivity index (χ4n) is 1.31. The normalized spacial score (nSPS) is 13.4. The summed E-state index contributed by atoms with van der Waals surface area (Å²) < 4.78 is 10.0. The molecule has 6 nitrogen and oxygen atoms in total. The molecule has 0 aromatic heterocycles. The molecule has 18 heavy (non-hydrogen) atoms. The predicted octanol–water partition coefficient (Wildman–Crippen LogP) is 1.51. The van der Waals surface area contributed by atoms with E-state index in [0.29, 0.717) is 11.6 Å². The fraction of sp³-hybridized carbons (Fsp3) is 0.0833. The van der Waals surface area contributed by atoms with Crippen LogP contribution in [0.5, 0.6) is 5.75 Å². The van der Waals surface area contributed by atoms with Crippen molar-refractivity contribution in [1.82, 2.24) is 16.0 Å². The first-order valence-electron chi connectivity index (χ1n) is 5.30. The highest BCUT2D eigenvalue weighted by atomic mass is 16.6. The van der Waals surface area contributed by atoms with Crippen LogP contribution in [0.2, 0.25) is 0 Å². The Morgan fingerprint density at radius 3 is 2.83 bits per heavy atom. The lowest BCUT2D eigenvalue weighted by atomic mass is 10.3. The summed E-state index contributed by atoms with van der Waals surface area (Å²) in [5.74, 6) is 0.982. The molecule has 0 saturated heterocycles. The van der Waals surface area contributed by atoms with Crippen molar-refractivity contribution in [3.05, 3.63) is 54.6 Å². The molecule has 0 aliphatic carbocycles. The molecule has 1 aliphatic heterocycles. The van der Waals surface area contributed by atoms with Gasteiger partial charge in [-0.2, -0.15) is 5.12 Å². The molecule has 0 saturated carbocycles. The van der Waals surface area contributed by atoms with Crippen molar-refractivity contribution < 1.29 is 14.3 Å². The molecule has 2 rings (SSSR count). The summed E-state index contributed by atoms with van der Waals surface area (Å²) in [6.07, 6.45) is 4.46. The second-order valence-electron chi connectivity index (χ2n) is 3.37. The second-order valence-corrected chi connectivity index (χ2v) is 3.37. The number of nitrogens with one attached hydrogen (secondary N) is 2. The Balaban J connectivity index is 1.86. The largest absolute Gasteiger partial charge is 0.481 e. The molecular weight excluding hydrogens is 234 g/mol. The van der Waals surface area contributed by atoms with Gasteiger partial charge in [-0.05, 0) is 18.2 Å². The minimum atomic E-state index is -0.601. The number of carbonyl (C=O) groups excluding carboxylic acids is 1. The van der Waals surface area contributed by atoms with Gasteiger partial charge in [0.25, 0.3) is 0 Å². The van der Waals surface area contributed by atoms with E-state index in [4.69, 9.17) is 9.47 Å². The smallest absolute Gasteiger partial charge is 0.433 e. The Hall–Kier alpha value is -2.63. The van der Waals surface area contributed by atoms with Crippen molar-refractivity contribution in [2.45, 2.75) is 0 Å². The number of hydrogen-bond donors (Lipinski definition) is 2. The van der Waals surface area contributed by atoms with Gasteiger partial charge in [0.2, 0.25) is 5.88 Å². The van der Waals surface area contributed by atoms with Crippen LogP contribution < -0.4 is 15.6 Å². The number of rotatable bonds is 3. The molecule has 1 aromatic carbocycles. The Bertz CT molecular complexity index is 471. The Labute approximate surface area is 104 Å². The quantitative estimate of drug-likeness (QED) is 0.847. The van der Waals surface area contributed by atoms with E-state index in [1.54, 1.807) is 42.6 Å². The van der Waals surface area contributed by atoms with Crippen LogP contribution in [0.15, 0.2) is 54.6 Å². The summed E-state index contributed by atoms with van der Waals surface area (Å²) >= 11 is 0. The average Bonchev–Trinajstić information content (AvgIpc) is 2.40. The Morgan fingerprint density at radius 2 is 2.11 bits per heavy atom. The molecule has 0 radical (unpaired) electrons. The number of hydrazine groups is 2. The summed E-state index contributed by atoms with van der Waals surface area (Å²) in [6, 6.07) is 8.80. The molecule has 0 atom stereocenters. The molecule has 1 aromatic rings. The second kappa shape index (κ2) is 5.62. The van der Waals surface area contributed by atoms with Crippen molar-refractivity contribution in [2.24, 2.45) is 0 Å². The van der Waals surface area contributed by atoms with Gasteiger partial charge in [-0.1, -0.05) is 18.2 Å². The minimum Gasteiger partial charge on any atom is -0.481 e. The molecule has 1 amide bonds. The van der Waals surface area contributed by atoms with E-state index in [1.165, 1.54) is 12.2 Å². The third-order valence-electron chi connectivity index (χ3n) is 2.10. The van der Waals surface area contributed by atoms with Gasteiger partial charge in [0, 0.05) is 12.3 Å². The van der Waals surface area contributed by atoms with Crippen LogP contribution in [0.1, 0.15) is 0 Å². The zero-order chi connectivity index (χ0) is 12.8.